The van der Waals surface area contributed by atoms with Crippen LogP contribution in [-0.2, 0) is 11.2 Å². The van der Waals surface area contributed by atoms with Crippen molar-refractivity contribution in [1.29, 1.82) is 0 Å². The van der Waals surface area contributed by atoms with E-state index < -0.39 is 0 Å². The monoisotopic (exact) mass is 248 g/mol. The summed E-state index contributed by atoms with van der Waals surface area (Å²) < 4.78 is 5.42. The maximum Gasteiger partial charge on any atom is 0.0762 e. The van der Waals surface area contributed by atoms with Gasteiger partial charge in [-0.05, 0) is 43.9 Å². The molecule has 0 amide bonds. The molecule has 1 aliphatic heterocycles. The van der Waals surface area contributed by atoms with E-state index in [2.05, 4.69) is 30.0 Å². The van der Waals surface area contributed by atoms with E-state index in [1.165, 1.54) is 16.8 Å². The molecule has 3 nitrogen and oxygen atoms in total. The molecule has 2 unspecified atom stereocenters. The molecule has 0 radical (unpaired) electrons. The van der Waals surface area contributed by atoms with Crippen molar-refractivity contribution in [2.24, 2.45) is 5.73 Å². The number of nitrogens with zero attached hydrogens (tertiary/aromatic N) is 1. The molecule has 0 saturated carbocycles. The van der Waals surface area contributed by atoms with Crippen molar-refractivity contribution in [1.82, 2.24) is 0 Å². The first-order valence-electron chi connectivity index (χ1n) is 6.73. The van der Waals surface area contributed by atoms with Crippen LogP contribution in [0.4, 0.5) is 5.69 Å². The smallest absolute Gasteiger partial charge is 0.0762 e. The van der Waals surface area contributed by atoms with Crippen molar-refractivity contribution < 1.29 is 4.74 Å². The predicted molar refractivity (Wildman–Crippen MR) is 76.2 cm³/mol. The van der Waals surface area contributed by atoms with Crippen LogP contribution in [0.5, 0.6) is 0 Å². The fourth-order valence-electron chi connectivity index (χ4n) is 2.71. The van der Waals surface area contributed by atoms with Gasteiger partial charge in [-0.3, -0.25) is 0 Å². The van der Waals surface area contributed by atoms with E-state index >= 15 is 0 Å². The first-order valence-corrected chi connectivity index (χ1v) is 6.73. The minimum absolute atomic E-state index is 0.222. The molecular weight excluding hydrogens is 224 g/mol. The molecule has 1 heterocycles. The van der Waals surface area contributed by atoms with E-state index in [4.69, 9.17) is 10.5 Å². The van der Waals surface area contributed by atoms with Gasteiger partial charge in [-0.15, -0.1) is 0 Å². The van der Waals surface area contributed by atoms with Gasteiger partial charge in [0, 0.05) is 31.9 Å². The summed E-state index contributed by atoms with van der Waals surface area (Å²) in [6.07, 6.45) is 2.45. The van der Waals surface area contributed by atoms with Gasteiger partial charge in [-0.25, -0.2) is 0 Å². The molecule has 3 heteroatoms. The Balaban J connectivity index is 2.10. The third-order valence-corrected chi connectivity index (χ3v) is 3.64. The Hall–Kier alpha value is -1.06. The number of aryl methyl sites for hydroxylation is 1. The summed E-state index contributed by atoms with van der Waals surface area (Å²) >= 11 is 0. The molecule has 2 atom stereocenters. The van der Waals surface area contributed by atoms with Gasteiger partial charge in [0.1, 0.15) is 0 Å². The molecule has 0 aromatic heterocycles. The van der Waals surface area contributed by atoms with Gasteiger partial charge in [0.05, 0.1) is 6.10 Å². The van der Waals surface area contributed by atoms with Crippen molar-refractivity contribution in [2.75, 3.05) is 25.1 Å². The van der Waals surface area contributed by atoms with E-state index in [0.29, 0.717) is 6.10 Å². The summed E-state index contributed by atoms with van der Waals surface area (Å²) in [5.74, 6) is 0. The lowest BCUT2D eigenvalue weighted by molar-refractivity contribution is 0.121. The summed E-state index contributed by atoms with van der Waals surface area (Å²) in [5.41, 5.74) is 9.85. The van der Waals surface area contributed by atoms with Gasteiger partial charge < -0.3 is 15.4 Å². The number of ether oxygens (including phenoxy) is 1. The molecule has 2 N–H and O–H groups in total. The van der Waals surface area contributed by atoms with E-state index in [1.54, 1.807) is 7.11 Å². The molecule has 18 heavy (non-hydrogen) atoms. The van der Waals surface area contributed by atoms with Gasteiger partial charge in [0.2, 0.25) is 0 Å². The normalized spacial score (nSPS) is 21.3. The third kappa shape index (κ3) is 3.03. The zero-order valence-corrected chi connectivity index (χ0v) is 11.6. The minimum Gasteiger partial charge on any atom is -0.380 e. The highest BCUT2D eigenvalue weighted by molar-refractivity contribution is 5.55. The van der Waals surface area contributed by atoms with Crippen molar-refractivity contribution in [3.8, 4) is 0 Å². The first-order chi connectivity index (χ1) is 8.60. The Morgan fingerprint density at radius 3 is 2.83 bits per heavy atom. The topological polar surface area (TPSA) is 38.5 Å². The maximum atomic E-state index is 5.84. The van der Waals surface area contributed by atoms with Gasteiger partial charge >= 0.3 is 0 Å². The SMILES string of the molecule is COC1CCN(c2ccc(CC(C)N)cc2C)C1. The molecule has 0 aliphatic carbocycles. The highest BCUT2D eigenvalue weighted by Crippen LogP contribution is 2.26. The second kappa shape index (κ2) is 5.72. The molecule has 1 saturated heterocycles. The van der Waals surface area contributed by atoms with Crippen LogP contribution in [0.15, 0.2) is 18.2 Å². The van der Waals surface area contributed by atoms with Crippen LogP contribution in [0.2, 0.25) is 0 Å². The molecule has 1 aromatic rings. The average molecular weight is 248 g/mol. The van der Waals surface area contributed by atoms with E-state index in [-0.39, 0.29) is 6.04 Å². The highest BCUT2D eigenvalue weighted by Gasteiger charge is 2.23. The highest BCUT2D eigenvalue weighted by atomic mass is 16.5. The predicted octanol–water partition coefficient (Wildman–Crippen LogP) is 2.11. The number of hydrogen-bond acceptors (Lipinski definition) is 3. The van der Waals surface area contributed by atoms with Crippen LogP contribution in [0.1, 0.15) is 24.5 Å². The average Bonchev–Trinajstić information content (AvgIpc) is 2.76. The van der Waals surface area contributed by atoms with Crippen molar-refractivity contribution in [3.63, 3.8) is 0 Å². The lowest BCUT2D eigenvalue weighted by Gasteiger charge is -2.21. The van der Waals surface area contributed by atoms with Crippen molar-refractivity contribution in [2.45, 2.75) is 38.8 Å². The van der Waals surface area contributed by atoms with Crippen molar-refractivity contribution in [3.05, 3.63) is 29.3 Å². The van der Waals surface area contributed by atoms with Crippen LogP contribution in [0.25, 0.3) is 0 Å². The molecular formula is C15H24N2O. The van der Waals surface area contributed by atoms with Gasteiger partial charge in [0.15, 0.2) is 0 Å². The molecule has 1 aromatic carbocycles. The van der Waals surface area contributed by atoms with Gasteiger partial charge in [0.25, 0.3) is 0 Å². The summed E-state index contributed by atoms with van der Waals surface area (Å²) in [6.45, 7) is 6.32. The van der Waals surface area contributed by atoms with E-state index in [0.717, 1.165) is 25.9 Å². The van der Waals surface area contributed by atoms with Crippen LogP contribution in [-0.4, -0.2) is 32.3 Å². The lowest BCUT2D eigenvalue weighted by Crippen LogP contribution is -2.23. The molecule has 1 aliphatic rings. The van der Waals surface area contributed by atoms with E-state index in [1.807, 2.05) is 6.92 Å². The van der Waals surface area contributed by atoms with Crippen LogP contribution in [0.3, 0.4) is 0 Å². The summed E-state index contributed by atoms with van der Waals surface area (Å²) in [4.78, 5) is 2.42. The lowest BCUT2D eigenvalue weighted by atomic mass is 10.0. The Morgan fingerprint density at radius 1 is 1.50 bits per heavy atom. The number of nitrogens with two attached hydrogens (primary N) is 1. The Kier molecular flexibility index (Phi) is 4.25. The second-order valence-electron chi connectivity index (χ2n) is 5.39. The number of rotatable bonds is 4. The van der Waals surface area contributed by atoms with E-state index in [9.17, 15) is 0 Å². The minimum atomic E-state index is 0.222. The summed E-state index contributed by atoms with van der Waals surface area (Å²) in [6, 6.07) is 6.91. The van der Waals surface area contributed by atoms with Gasteiger partial charge in [-0.1, -0.05) is 12.1 Å². The largest absolute Gasteiger partial charge is 0.380 e. The van der Waals surface area contributed by atoms with Crippen molar-refractivity contribution >= 4 is 5.69 Å². The number of anilines is 1. The fourth-order valence-corrected chi connectivity index (χ4v) is 2.71. The molecule has 1 fully saturated rings. The zero-order valence-electron chi connectivity index (χ0n) is 11.6. The van der Waals surface area contributed by atoms with Crippen LogP contribution in [0, 0.1) is 6.92 Å². The zero-order chi connectivity index (χ0) is 13.1. The third-order valence-electron chi connectivity index (χ3n) is 3.64. The molecule has 0 bridgehead atoms. The number of methoxy groups -OCH3 is 1. The number of hydrogen-bond donors (Lipinski definition) is 1. The first kappa shape index (κ1) is 13.4. The Labute approximate surface area is 110 Å². The molecule has 2 rings (SSSR count). The van der Waals surface area contributed by atoms with Gasteiger partial charge in [-0.2, -0.15) is 0 Å². The fraction of sp³-hybridized carbons (Fsp3) is 0.600. The summed E-state index contributed by atoms with van der Waals surface area (Å²) in [7, 11) is 1.80. The second-order valence-corrected chi connectivity index (χ2v) is 5.39. The Bertz CT molecular complexity index is 403. The number of benzene rings is 1. The summed E-state index contributed by atoms with van der Waals surface area (Å²) in [5, 5.41) is 0. The molecule has 0 spiro atoms. The maximum absolute atomic E-state index is 5.84. The molecule has 100 valence electrons. The standard InChI is InChI=1S/C15H24N2O/c1-11-8-13(9-12(2)16)4-5-15(11)17-7-6-14(10-17)18-3/h4-5,8,12,14H,6-7,9-10,16H2,1-3H3. The van der Waals surface area contributed by atoms with Crippen LogP contribution >= 0.6 is 0 Å². The Morgan fingerprint density at radius 2 is 2.28 bits per heavy atom. The van der Waals surface area contributed by atoms with Crippen LogP contribution < -0.4 is 10.6 Å². The quantitative estimate of drug-likeness (QED) is 0.887.